The molecule has 0 spiro atoms. The number of aromatic nitrogens is 3. The van der Waals surface area contributed by atoms with Gasteiger partial charge < -0.3 is 0 Å². The summed E-state index contributed by atoms with van der Waals surface area (Å²) in [6.07, 6.45) is 1.50. The van der Waals surface area contributed by atoms with Gasteiger partial charge in [-0.15, -0.1) is 0 Å². The van der Waals surface area contributed by atoms with Crippen molar-refractivity contribution >= 4 is 16.8 Å². The van der Waals surface area contributed by atoms with E-state index in [0.717, 1.165) is 10.1 Å². The number of ketones is 1. The minimum atomic E-state index is -0.529. The van der Waals surface area contributed by atoms with E-state index in [1.54, 1.807) is 36.4 Å². The van der Waals surface area contributed by atoms with E-state index < -0.39 is 11.2 Å². The average Bonchev–Trinajstić information content (AvgIpc) is 2.75. The smallest absolute Gasteiger partial charge is 0.292 e. The Morgan fingerprint density at radius 3 is 2.21 bits per heavy atom. The van der Waals surface area contributed by atoms with Gasteiger partial charge in [0.15, 0.2) is 11.3 Å². The van der Waals surface area contributed by atoms with Crippen LogP contribution in [0.3, 0.4) is 0 Å². The van der Waals surface area contributed by atoms with E-state index in [1.165, 1.54) is 10.8 Å². The Hall–Kier alpha value is -3.80. The van der Waals surface area contributed by atoms with Crippen LogP contribution in [-0.2, 0) is 13.1 Å². The fourth-order valence-corrected chi connectivity index (χ4v) is 3.16. The molecule has 4 rings (SSSR count). The molecule has 138 valence electrons. The number of fused-ring (bicyclic) bond motifs is 1. The summed E-state index contributed by atoms with van der Waals surface area (Å²) in [5.74, 6) is -0.210. The maximum Gasteiger partial charge on any atom is 0.332 e. The molecule has 2 heterocycles. The SMILES string of the molecule is O=C(Cn1c(=O)n(Cc2ccccc2)c(=O)c2ncccc21)c1ccccc1. The van der Waals surface area contributed by atoms with Crippen LogP contribution in [0, 0.1) is 0 Å². The Balaban J connectivity index is 1.86. The lowest BCUT2D eigenvalue weighted by Crippen LogP contribution is -2.41. The van der Waals surface area contributed by atoms with Crippen molar-refractivity contribution in [2.45, 2.75) is 13.1 Å². The van der Waals surface area contributed by atoms with Gasteiger partial charge in [-0.1, -0.05) is 60.7 Å². The number of rotatable bonds is 5. The van der Waals surface area contributed by atoms with Crippen molar-refractivity contribution in [2.75, 3.05) is 0 Å². The fraction of sp³-hybridized carbons (Fsp3) is 0.0909. The summed E-state index contributed by atoms with van der Waals surface area (Å²) in [5, 5.41) is 0. The zero-order valence-electron chi connectivity index (χ0n) is 15.0. The maximum absolute atomic E-state index is 13.1. The number of benzene rings is 2. The summed E-state index contributed by atoms with van der Waals surface area (Å²) in [5.41, 5.74) is 0.849. The molecule has 0 N–H and O–H groups in total. The first kappa shape index (κ1) is 17.6. The van der Waals surface area contributed by atoms with E-state index in [1.807, 2.05) is 36.4 Å². The highest BCUT2D eigenvalue weighted by Gasteiger charge is 2.17. The second-order valence-corrected chi connectivity index (χ2v) is 6.41. The minimum Gasteiger partial charge on any atom is -0.292 e. The lowest BCUT2D eigenvalue weighted by Gasteiger charge is -2.13. The molecule has 28 heavy (non-hydrogen) atoms. The Morgan fingerprint density at radius 2 is 1.50 bits per heavy atom. The second-order valence-electron chi connectivity index (χ2n) is 6.41. The van der Waals surface area contributed by atoms with Gasteiger partial charge >= 0.3 is 5.69 Å². The molecule has 0 unspecified atom stereocenters. The Labute approximate surface area is 160 Å². The lowest BCUT2D eigenvalue weighted by molar-refractivity contribution is 0.0971. The van der Waals surface area contributed by atoms with Gasteiger partial charge in [0.2, 0.25) is 0 Å². The fourth-order valence-electron chi connectivity index (χ4n) is 3.16. The van der Waals surface area contributed by atoms with Gasteiger partial charge in [-0.25, -0.2) is 9.78 Å². The molecule has 0 saturated heterocycles. The van der Waals surface area contributed by atoms with Crippen LogP contribution in [0.25, 0.3) is 11.0 Å². The molecule has 0 aliphatic carbocycles. The number of nitrogens with zero attached hydrogens (tertiary/aromatic N) is 3. The van der Waals surface area contributed by atoms with Crippen LogP contribution in [0.1, 0.15) is 15.9 Å². The summed E-state index contributed by atoms with van der Waals surface area (Å²) in [6.45, 7) is -0.0509. The van der Waals surface area contributed by atoms with Crippen molar-refractivity contribution in [1.82, 2.24) is 14.1 Å². The van der Waals surface area contributed by atoms with Gasteiger partial charge in [-0.05, 0) is 17.7 Å². The van der Waals surface area contributed by atoms with Crippen molar-refractivity contribution in [3.05, 3.63) is 111 Å². The van der Waals surface area contributed by atoms with Gasteiger partial charge in [-0.2, -0.15) is 0 Å². The van der Waals surface area contributed by atoms with Crippen molar-refractivity contribution in [2.24, 2.45) is 0 Å². The summed E-state index contributed by atoms with van der Waals surface area (Å²) < 4.78 is 2.45. The summed E-state index contributed by atoms with van der Waals surface area (Å²) in [7, 11) is 0. The standard InChI is InChI=1S/C22H17N3O3/c26-19(17-10-5-2-6-11-17)15-24-18-12-7-13-23-20(18)21(27)25(22(24)28)14-16-8-3-1-4-9-16/h1-13H,14-15H2. The lowest BCUT2D eigenvalue weighted by atomic mass is 10.1. The number of carbonyl (C=O) groups excluding carboxylic acids is 1. The zero-order chi connectivity index (χ0) is 19.5. The number of Topliss-reactive ketones (excluding diaryl/α,β-unsaturated/α-hetero) is 1. The second kappa shape index (κ2) is 7.44. The van der Waals surface area contributed by atoms with E-state index in [0.29, 0.717) is 11.1 Å². The van der Waals surface area contributed by atoms with Crippen LogP contribution in [0.15, 0.2) is 88.6 Å². The van der Waals surface area contributed by atoms with Gasteiger partial charge in [0.1, 0.15) is 0 Å². The number of hydrogen-bond donors (Lipinski definition) is 0. The Morgan fingerprint density at radius 1 is 0.821 bits per heavy atom. The number of carbonyl (C=O) groups is 1. The highest BCUT2D eigenvalue weighted by atomic mass is 16.2. The van der Waals surface area contributed by atoms with Crippen LogP contribution >= 0.6 is 0 Å². The van der Waals surface area contributed by atoms with Crippen LogP contribution in [0.4, 0.5) is 0 Å². The monoisotopic (exact) mass is 371 g/mol. The molecular weight excluding hydrogens is 354 g/mol. The van der Waals surface area contributed by atoms with E-state index in [-0.39, 0.29) is 24.4 Å². The predicted octanol–water partition coefficient (Wildman–Crippen LogP) is 2.49. The zero-order valence-corrected chi connectivity index (χ0v) is 15.0. The predicted molar refractivity (Wildman–Crippen MR) is 107 cm³/mol. The summed E-state index contributed by atoms with van der Waals surface area (Å²) in [6, 6.07) is 21.3. The largest absolute Gasteiger partial charge is 0.332 e. The van der Waals surface area contributed by atoms with Crippen LogP contribution in [-0.4, -0.2) is 19.9 Å². The highest BCUT2D eigenvalue weighted by molar-refractivity contribution is 5.96. The third kappa shape index (κ3) is 3.27. The van der Waals surface area contributed by atoms with Gasteiger partial charge in [0, 0.05) is 11.8 Å². The molecule has 0 atom stereocenters. The maximum atomic E-state index is 13.1. The molecule has 0 bridgehead atoms. The van der Waals surface area contributed by atoms with E-state index >= 15 is 0 Å². The van der Waals surface area contributed by atoms with E-state index in [4.69, 9.17) is 0 Å². The molecule has 0 aliphatic rings. The molecule has 0 saturated carbocycles. The molecule has 2 aromatic carbocycles. The normalized spacial score (nSPS) is 10.9. The third-order valence-corrected chi connectivity index (χ3v) is 4.57. The van der Waals surface area contributed by atoms with Crippen LogP contribution < -0.4 is 11.2 Å². The van der Waals surface area contributed by atoms with E-state index in [9.17, 15) is 14.4 Å². The van der Waals surface area contributed by atoms with Crippen molar-refractivity contribution in [3.63, 3.8) is 0 Å². The quantitative estimate of drug-likeness (QED) is 0.505. The molecule has 4 aromatic rings. The van der Waals surface area contributed by atoms with Crippen molar-refractivity contribution in [3.8, 4) is 0 Å². The third-order valence-electron chi connectivity index (χ3n) is 4.57. The molecule has 6 nitrogen and oxygen atoms in total. The Kier molecular flexibility index (Phi) is 4.68. The van der Waals surface area contributed by atoms with Gasteiger partial charge in [0.25, 0.3) is 5.56 Å². The van der Waals surface area contributed by atoms with Crippen molar-refractivity contribution in [1.29, 1.82) is 0 Å². The summed E-state index contributed by atoms with van der Waals surface area (Å²) in [4.78, 5) is 42.8. The first-order valence-corrected chi connectivity index (χ1v) is 8.85. The van der Waals surface area contributed by atoms with E-state index in [2.05, 4.69) is 4.98 Å². The number of pyridine rings is 1. The minimum absolute atomic E-state index is 0.116. The number of hydrogen-bond acceptors (Lipinski definition) is 4. The topological polar surface area (TPSA) is 74.0 Å². The molecular formula is C22H17N3O3. The Bertz CT molecular complexity index is 1260. The first-order chi connectivity index (χ1) is 13.6. The molecule has 0 aliphatic heterocycles. The van der Waals surface area contributed by atoms with Crippen molar-refractivity contribution < 1.29 is 4.79 Å². The average molecular weight is 371 g/mol. The first-order valence-electron chi connectivity index (χ1n) is 8.85. The van der Waals surface area contributed by atoms with Gasteiger partial charge in [0.05, 0.1) is 18.6 Å². The highest BCUT2D eigenvalue weighted by Crippen LogP contribution is 2.08. The molecule has 0 radical (unpaired) electrons. The van der Waals surface area contributed by atoms with Crippen LogP contribution in [0.2, 0.25) is 0 Å². The van der Waals surface area contributed by atoms with Crippen LogP contribution in [0.5, 0.6) is 0 Å². The van der Waals surface area contributed by atoms with Gasteiger partial charge in [-0.3, -0.25) is 18.7 Å². The summed E-state index contributed by atoms with van der Waals surface area (Å²) >= 11 is 0. The molecule has 6 heteroatoms. The molecule has 0 amide bonds. The molecule has 2 aromatic heterocycles. The molecule has 0 fully saturated rings.